The van der Waals surface area contributed by atoms with E-state index in [1.807, 2.05) is 6.07 Å². The van der Waals surface area contributed by atoms with Crippen LogP contribution in [0.2, 0.25) is 10.0 Å². The maximum Gasteiger partial charge on any atom is 0.255 e. The normalized spacial score (nSPS) is 14.0. The van der Waals surface area contributed by atoms with Crippen molar-refractivity contribution < 1.29 is 9.53 Å². The van der Waals surface area contributed by atoms with Crippen LogP contribution >= 0.6 is 35.6 Å². The molecule has 1 aromatic carbocycles. The number of benzene rings is 1. The van der Waals surface area contributed by atoms with Crippen molar-refractivity contribution in [3.05, 3.63) is 45.9 Å². The standard InChI is InChI=1S/C16H16Cl2N4O2.ClH/c1-24-15-5-4-14(19-20-15)21-6-8-22(9-7-21)16(23)12-3-2-11(17)10-13(12)18;/h2-5,10H,6-9H2,1H3;1H. The number of ether oxygens (including phenoxy) is 1. The fourth-order valence-corrected chi connectivity index (χ4v) is 3.05. The van der Waals surface area contributed by atoms with Gasteiger partial charge < -0.3 is 14.5 Å². The number of amides is 1. The van der Waals surface area contributed by atoms with Crippen molar-refractivity contribution in [2.24, 2.45) is 0 Å². The molecule has 134 valence electrons. The SMILES string of the molecule is COc1ccc(N2CCN(C(=O)c3ccc(Cl)cc3Cl)CC2)nn1.Cl. The first-order valence-corrected chi connectivity index (χ1v) is 8.21. The van der Waals surface area contributed by atoms with E-state index in [2.05, 4.69) is 15.1 Å². The maximum atomic E-state index is 12.6. The highest BCUT2D eigenvalue weighted by Crippen LogP contribution is 2.23. The minimum Gasteiger partial charge on any atom is -0.480 e. The van der Waals surface area contributed by atoms with Gasteiger partial charge in [-0.05, 0) is 24.3 Å². The van der Waals surface area contributed by atoms with E-state index in [1.165, 1.54) is 0 Å². The second-order valence-electron chi connectivity index (χ2n) is 5.34. The second kappa shape index (κ2) is 8.56. The Morgan fingerprint density at radius 3 is 2.36 bits per heavy atom. The van der Waals surface area contributed by atoms with Crippen LogP contribution in [0, 0.1) is 0 Å². The molecule has 2 aromatic rings. The number of carbonyl (C=O) groups is 1. The minimum absolute atomic E-state index is 0. The molecule has 1 saturated heterocycles. The zero-order valence-electron chi connectivity index (χ0n) is 13.5. The number of anilines is 1. The first-order chi connectivity index (χ1) is 11.6. The Bertz CT molecular complexity index is 735. The van der Waals surface area contributed by atoms with Gasteiger partial charge in [-0.15, -0.1) is 22.6 Å². The number of nitrogens with zero attached hydrogens (tertiary/aromatic N) is 4. The van der Waals surface area contributed by atoms with Crippen LogP contribution in [0.25, 0.3) is 0 Å². The monoisotopic (exact) mass is 402 g/mol. The molecule has 6 nitrogen and oxygen atoms in total. The summed E-state index contributed by atoms with van der Waals surface area (Å²) in [5.41, 5.74) is 0.471. The second-order valence-corrected chi connectivity index (χ2v) is 6.18. The van der Waals surface area contributed by atoms with Crippen LogP contribution in [0.3, 0.4) is 0 Å². The Kier molecular flexibility index (Phi) is 6.70. The molecule has 0 atom stereocenters. The van der Waals surface area contributed by atoms with Crippen molar-refractivity contribution in [3.8, 4) is 5.88 Å². The van der Waals surface area contributed by atoms with Crippen LogP contribution in [0.4, 0.5) is 5.82 Å². The van der Waals surface area contributed by atoms with Crippen molar-refractivity contribution >= 4 is 47.3 Å². The zero-order chi connectivity index (χ0) is 17.1. The van der Waals surface area contributed by atoms with E-state index in [0.29, 0.717) is 47.7 Å². The lowest BCUT2D eigenvalue weighted by molar-refractivity contribution is 0.0746. The first kappa shape index (κ1) is 19.6. The molecule has 0 aliphatic carbocycles. The zero-order valence-corrected chi connectivity index (χ0v) is 15.8. The van der Waals surface area contributed by atoms with E-state index < -0.39 is 0 Å². The molecule has 0 saturated carbocycles. The molecule has 0 bridgehead atoms. The number of piperazine rings is 1. The molecule has 0 radical (unpaired) electrons. The molecule has 1 aliphatic heterocycles. The van der Waals surface area contributed by atoms with Crippen molar-refractivity contribution in [1.29, 1.82) is 0 Å². The lowest BCUT2D eigenvalue weighted by Crippen LogP contribution is -2.49. The van der Waals surface area contributed by atoms with E-state index in [-0.39, 0.29) is 18.3 Å². The summed E-state index contributed by atoms with van der Waals surface area (Å²) < 4.78 is 5.01. The summed E-state index contributed by atoms with van der Waals surface area (Å²) in [6, 6.07) is 8.55. The van der Waals surface area contributed by atoms with Gasteiger partial charge in [-0.3, -0.25) is 4.79 Å². The lowest BCUT2D eigenvalue weighted by Gasteiger charge is -2.35. The Morgan fingerprint density at radius 2 is 1.80 bits per heavy atom. The number of hydrogen-bond acceptors (Lipinski definition) is 5. The topological polar surface area (TPSA) is 58.6 Å². The Hall–Kier alpha value is -1.76. The van der Waals surface area contributed by atoms with E-state index in [4.69, 9.17) is 27.9 Å². The lowest BCUT2D eigenvalue weighted by atomic mass is 10.2. The Morgan fingerprint density at radius 1 is 1.08 bits per heavy atom. The van der Waals surface area contributed by atoms with Gasteiger partial charge in [0.05, 0.1) is 17.7 Å². The van der Waals surface area contributed by atoms with Gasteiger partial charge in [0.1, 0.15) is 0 Å². The average molecular weight is 404 g/mol. The highest BCUT2D eigenvalue weighted by molar-refractivity contribution is 6.36. The summed E-state index contributed by atoms with van der Waals surface area (Å²) >= 11 is 12.0. The van der Waals surface area contributed by atoms with Gasteiger partial charge in [-0.25, -0.2) is 0 Å². The Balaban J connectivity index is 0.00000225. The van der Waals surface area contributed by atoms with Crippen molar-refractivity contribution in [1.82, 2.24) is 15.1 Å². The number of aromatic nitrogens is 2. The minimum atomic E-state index is -0.0860. The summed E-state index contributed by atoms with van der Waals surface area (Å²) in [4.78, 5) is 16.5. The number of methoxy groups -OCH3 is 1. The first-order valence-electron chi connectivity index (χ1n) is 7.45. The largest absolute Gasteiger partial charge is 0.480 e. The molecule has 1 aromatic heterocycles. The van der Waals surface area contributed by atoms with Crippen molar-refractivity contribution in [2.45, 2.75) is 0 Å². The molecule has 0 spiro atoms. The highest BCUT2D eigenvalue weighted by Gasteiger charge is 2.24. The number of hydrogen-bond donors (Lipinski definition) is 0. The summed E-state index contributed by atoms with van der Waals surface area (Å²) in [5.74, 6) is 1.16. The molecule has 2 heterocycles. The van der Waals surface area contributed by atoms with E-state index in [9.17, 15) is 4.79 Å². The van der Waals surface area contributed by atoms with Gasteiger partial charge in [-0.2, -0.15) is 0 Å². The molecule has 25 heavy (non-hydrogen) atoms. The van der Waals surface area contributed by atoms with Gasteiger partial charge in [-0.1, -0.05) is 23.2 Å². The summed E-state index contributed by atoms with van der Waals surface area (Å²) in [7, 11) is 1.55. The smallest absolute Gasteiger partial charge is 0.255 e. The van der Waals surface area contributed by atoms with E-state index >= 15 is 0 Å². The number of halogens is 3. The van der Waals surface area contributed by atoms with Crippen molar-refractivity contribution in [3.63, 3.8) is 0 Å². The predicted octanol–water partition coefficient (Wildman–Crippen LogP) is 3.18. The summed E-state index contributed by atoms with van der Waals surface area (Å²) in [6.07, 6.45) is 0. The van der Waals surface area contributed by atoms with Crippen LogP contribution in [0.15, 0.2) is 30.3 Å². The van der Waals surface area contributed by atoms with Crippen LogP contribution in [0.1, 0.15) is 10.4 Å². The summed E-state index contributed by atoms with van der Waals surface area (Å²) in [6.45, 7) is 2.53. The number of carbonyl (C=O) groups excluding carboxylic acids is 1. The predicted molar refractivity (Wildman–Crippen MR) is 100 cm³/mol. The van der Waals surface area contributed by atoms with Crippen LogP contribution in [-0.2, 0) is 0 Å². The van der Waals surface area contributed by atoms with Crippen LogP contribution in [-0.4, -0.2) is 54.3 Å². The van der Waals surface area contributed by atoms with Gasteiger partial charge in [0.15, 0.2) is 5.82 Å². The molecule has 1 aliphatic rings. The third-order valence-electron chi connectivity index (χ3n) is 3.89. The summed E-state index contributed by atoms with van der Waals surface area (Å²) in [5, 5.41) is 8.99. The molecule has 3 rings (SSSR count). The van der Waals surface area contributed by atoms with Gasteiger partial charge in [0.25, 0.3) is 5.91 Å². The maximum absolute atomic E-state index is 12.6. The van der Waals surface area contributed by atoms with Crippen LogP contribution in [0.5, 0.6) is 5.88 Å². The van der Waals surface area contributed by atoms with Crippen molar-refractivity contribution in [2.75, 3.05) is 38.2 Å². The van der Waals surface area contributed by atoms with Gasteiger partial charge in [0.2, 0.25) is 5.88 Å². The third kappa shape index (κ3) is 4.45. The molecule has 1 fully saturated rings. The fraction of sp³-hybridized carbons (Fsp3) is 0.312. The highest BCUT2D eigenvalue weighted by atomic mass is 35.5. The van der Waals surface area contributed by atoms with Gasteiger partial charge >= 0.3 is 0 Å². The Labute approximate surface area is 162 Å². The third-order valence-corrected chi connectivity index (χ3v) is 4.44. The fourth-order valence-electron chi connectivity index (χ4n) is 2.56. The number of rotatable bonds is 3. The van der Waals surface area contributed by atoms with Gasteiger partial charge in [0, 0.05) is 37.3 Å². The molecule has 0 unspecified atom stereocenters. The van der Waals surface area contributed by atoms with E-state index in [0.717, 1.165) is 5.82 Å². The molecule has 9 heteroatoms. The molecule has 1 amide bonds. The molecular formula is C16H17Cl3N4O2. The molecule has 0 N–H and O–H groups in total. The average Bonchev–Trinajstić information content (AvgIpc) is 2.61. The molecular weight excluding hydrogens is 387 g/mol. The quantitative estimate of drug-likeness (QED) is 0.788. The van der Waals surface area contributed by atoms with Crippen LogP contribution < -0.4 is 9.64 Å². The van der Waals surface area contributed by atoms with E-state index in [1.54, 1.807) is 36.3 Å².